The van der Waals surface area contributed by atoms with Crippen molar-refractivity contribution in [2.75, 3.05) is 7.11 Å². The van der Waals surface area contributed by atoms with E-state index >= 15 is 0 Å². The first-order valence-corrected chi connectivity index (χ1v) is 2.40. The molecule has 1 rings (SSSR count). The third-order valence-corrected chi connectivity index (χ3v) is 0.893. The largest absolute Gasteiger partial charge is 0.468 e. The Hall–Kier alpha value is -1.43. The van der Waals surface area contributed by atoms with Gasteiger partial charge in [-0.05, 0) is 6.07 Å². The van der Waals surface area contributed by atoms with E-state index in [-0.39, 0.29) is 5.76 Å². The van der Waals surface area contributed by atoms with Gasteiger partial charge in [0.15, 0.2) is 0 Å². The van der Waals surface area contributed by atoms with Gasteiger partial charge in [-0.1, -0.05) is 0 Å². The zero-order valence-electron chi connectivity index (χ0n) is 4.92. The fourth-order valence-corrected chi connectivity index (χ4v) is 0.490. The smallest absolute Gasteiger partial charge is 0.285 e. The molecule has 3 nitrogen and oxygen atoms in total. The van der Waals surface area contributed by atoms with E-state index in [2.05, 4.69) is 4.74 Å². The van der Waals surface area contributed by atoms with Gasteiger partial charge in [0.2, 0.25) is 5.76 Å². The van der Waals surface area contributed by atoms with Crippen LogP contribution >= 0.6 is 0 Å². The maximum Gasteiger partial charge on any atom is 0.285 e. The van der Waals surface area contributed by atoms with Crippen molar-refractivity contribution >= 4 is 0 Å². The van der Waals surface area contributed by atoms with E-state index in [1.54, 1.807) is 12.1 Å². The summed E-state index contributed by atoms with van der Waals surface area (Å²) >= 11 is 0. The molecular formula is C6H5NO2. The molecule has 0 radical (unpaired) electrons. The van der Waals surface area contributed by atoms with Gasteiger partial charge in [0.1, 0.15) is 6.07 Å². The summed E-state index contributed by atoms with van der Waals surface area (Å²) in [6.07, 6.45) is 0. The first-order valence-electron chi connectivity index (χ1n) is 2.40. The number of nitriles is 1. The zero-order valence-corrected chi connectivity index (χ0v) is 4.92. The summed E-state index contributed by atoms with van der Waals surface area (Å²) in [7, 11) is 1.49. The number of hydrogen-bond acceptors (Lipinski definition) is 3. The summed E-state index contributed by atoms with van der Waals surface area (Å²) in [5.41, 5.74) is 0. The van der Waals surface area contributed by atoms with Crippen LogP contribution in [-0.4, -0.2) is 7.11 Å². The highest BCUT2D eigenvalue weighted by Gasteiger charge is 1.96. The van der Waals surface area contributed by atoms with E-state index < -0.39 is 0 Å². The summed E-state index contributed by atoms with van der Waals surface area (Å²) in [6.45, 7) is 0. The van der Waals surface area contributed by atoms with Gasteiger partial charge >= 0.3 is 0 Å². The molecule has 0 saturated carbocycles. The minimum absolute atomic E-state index is 0.270. The predicted molar refractivity (Wildman–Crippen MR) is 30.0 cm³/mol. The molecule has 1 aromatic rings. The molecule has 3 heteroatoms. The van der Waals surface area contributed by atoms with Crippen LogP contribution in [0.2, 0.25) is 0 Å². The second-order valence-corrected chi connectivity index (χ2v) is 1.43. The molecule has 0 spiro atoms. The maximum atomic E-state index is 8.25. The van der Waals surface area contributed by atoms with Crippen LogP contribution in [0.4, 0.5) is 0 Å². The van der Waals surface area contributed by atoms with Crippen molar-refractivity contribution in [1.29, 1.82) is 5.26 Å². The van der Waals surface area contributed by atoms with Gasteiger partial charge in [-0.2, -0.15) is 5.26 Å². The van der Waals surface area contributed by atoms with Gasteiger partial charge in [0.25, 0.3) is 5.95 Å². The quantitative estimate of drug-likeness (QED) is 0.562. The highest BCUT2D eigenvalue weighted by atomic mass is 16.6. The molecule has 1 aromatic heterocycles. The van der Waals surface area contributed by atoms with Gasteiger partial charge in [-0.15, -0.1) is 0 Å². The van der Waals surface area contributed by atoms with Crippen molar-refractivity contribution in [2.24, 2.45) is 0 Å². The molecule has 0 amide bonds. The Labute approximate surface area is 52.5 Å². The molecule has 0 atom stereocenters. The van der Waals surface area contributed by atoms with Crippen molar-refractivity contribution < 1.29 is 9.15 Å². The fourth-order valence-electron chi connectivity index (χ4n) is 0.490. The molecule has 0 aliphatic heterocycles. The summed E-state index contributed by atoms with van der Waals surface area (Å²) in [4.78, 5) is 0. The molecule has 0 N–H and O–H groups in total. The lowest BCUT2D eigenvalue weighted by Gasteiger charge is -1.86. The number of hydrogen-bond donors (Lipinski definition) is 0. The predicted octanol–water partition coefficient (Wildman–Crippen LogP) is 1.16. The average Bonchev–Trinajstić information content (AvgIpc) is 2.34. The van der Waals surface area contributed by atoms with Gasteiger partial charge in [0.05, 0.1) is 7.11 Å². The molecule has 0 aliphatic carbocycles. The van der Waals surface area contributed by atoms with Crippen LogP contribution in [0.1, 0.15) is 5.76 Å². The van der Waals surface area contributed by atoms with Crippen molar-refractivity contribution in [3.63, 3.8) is 0 Å². The van der Waals surface area contributed by atoms with Gasteiger partial charge in [-0.3, -0.25) is 0 Å². The van der Waals surface area contributed by atoms with Crippen LogP contribution in [-0.2, 0) is 0 Å². The Bertz CT molecular complexity index is 233. The van der Waals surface area contributed by atoms with Crippen LogP contribution in [0, 0.1) is 11.3 Å². The second-order valence-electron chi connectivity index (χ2n) is 1.43. The highest BCUT2D eigenvalue weighted by Crippen LogP contribution is 2.13. The molecule has 46 valence electrons. The van der Waals surface area contributed by atoms with Crippen LogP contribution in [0.3, 0.4) is 0 Å². The Kier molecular flexibility index (Phi) is 1.41. The molecule has 0 unspecified atom stereocenters. The maximum absolute atomic E-state index is 8.25. The number of ether oxygens (including phenoxy) is 1. The van der Waals surface area contributed by atoms with Crippen LogP contribution in [0.15, 0.2) is 16.5 Å². The molecule has 0 bridgehead atoms. The number of rotatable bonds is 1. The SMILES string of the molecule is COc1ccc(C#N)o1. The topological polar surface area (TPSA) is 46.2 Å². The Morgan fingerprint density at radius 1 is 1.67 bits per heavy atom. The molecular weight excluding hydrogens is 118 g/mol. The summed E-state index contributed by atoms with van der Waals surface area (Å²) in [5, 5.41) is 8.25. The van der Waals surface area contributed by atoms with Gasteiger partial charge < -0.3 is 9.15 Å². The molecule has 0 saturated heterocycles. The van der Waals surface area contributed by atoms with Gasteiger partial charge in [0, 0.05) is 6.07 Å². The van der Waals surface area contributed by atoms with E-state index in [0.29, 0.717) is 5.95 Å². The van der Waals surface area contributed by atoms with Crippen molar-refractivity contribution in [3.8, 4) is 12.0 Å². The lowest BCUT2D eigenvalue weighted by molar-refractivity contribution is 0.302. The Balaban J connectivity index is 2.90. The monoisotopic (exact) mass is 123 g/mol. The summed E-state index contributed by atoms with van der Waals surface area (Å²) in [6, 6.07) is 4.99. The zero-order chi connectivity index (χ0) is 6.69. The first kappa shape index (κ1) is 5.70. The minimum Gasteiger partial charge on any atom is -0.468 e. The molecule has 0 aliphatic rings. The summed E-state index contributed by atoms with van der Waals surface area (Å²) < 4.78 is 9.48. The van der Waals surface area contributed by atoms with E-state index in [0.717, 1.165) is 0 Å². The van der Waals surface area contributed by atoms with Crippen molar-refractivity contribution in [3.05, 3.63) is 17.9 Å². The number of furan rings is 1. The number of methoxy groups -OCH3 is 1. The minimum atomic E-state index is 0.270. The highest BCUT2D eigenvalue weighted by molar-refractivity contribution is 5.21. The van der Waals surface area contributed by atoms with E-state index in [1.165, 1.54) is 7.11 Å². The lowest BCUT2D eigenvalue weighted by atomic mass is 10.5. The van der Waals surface area contributed by atoms with E-state index in [4.69, 9.17) is 9.68 Å². The van der Waals surface area contributed by atoms with E-state index in [9.17, 15) is 0 Å². The van der Waals surface area contributed by atoms with E-state index in [1.807, 2.05) is 6.07 Å². The first-order chi connectivity index (χ1) is 4.36. The van der Waals surface area contributed by atoms with Crippen LogP contribution in [0.25, 0.3) is 0 Å². The third-order valence-electron chi connectivity index (χ3n) is 0.893. The van der Waals surface area contributed by atoms with Gasteiger partial charge in [-0.25, -0.2) is 0 Å². The number of nitrogens with zero attached hydrogens (tertiary/aromatic N) is 1. The average molecular weight is 123 g/mol. The van der Waals surface area contributed by atoms with Crippen LogP contribution < -0.4 is 4.74 Å². The fraction of sp³-hybridized carbons (Fsp3) is 0.167. The molecule has 9 heavy (non-hydrogen) atoms. The summed E-state index contributed by atoms with van der Waals surface area (Å²) in [5.74, 6) is 0.637. The van der Waals surface area contributed by atoms with Crippen LogP contribution in [0.5, 0.6) is 5.95 Å². The lowest BCUT2D eigenvalue weighted by Crippen LogP contribution is -1.75. The molecule has 0 fully saturated rings. The van der Waals surface area contributed by atoms with Crippen molar-refractivity contribution in [2.45, 2.75) is 0 Å². The molecule has 1 heterocycles. The standard InChI is InChI=1S/C6H5NO2/c1-8-6-3-2-5(4-7)9-6/h2-3H,1H3. The Morgan fingerprint density at radius 3 is 2.78 bits per heavy atom. The van der Waals surface area contributed by atoms with Crippen molar-refractivity contribution in [1.82, 2.24) is 0 Å². The molecule has 0 aromatic carbocycles. The third kappa shape index (κ3) is 1.03. The normalized spacial score (nSPS) is 8.44. The Morgan fingerprint density at radius 2 is 2.44 bits per heavy atom. The second kappa shape index (κ2) is 2.23.